The minimum absolute atomic E-state index is 0.253. The minimum Gasteiger partial charge on any atom is -0.489 e. The Morgan fingerprint density at radius 1 is 0.969 bits per heavy atom. The van der Waals surface area contributed by atoms with Crippen LogP contribution in [0.1, 0.15) is 22.3 Å². The van der Waals surface area contributed by atoms with Crippen LogP contribution < -0.4 is 15.2 Å². The van der Waals surface area contributed by atoms with Gasteiger partial charge in [-0.25, -0.2) is 4.79 Å². The number of nitrogens with zero attached hydrogens (tertiary/aromatic N) is 5. The van der Waals surface area contributed by atoms with E-state index in [1.165, 1.54) is 9.36 Å². The van der Waals surface area contributed by atoms with Gasteiger partial charge in [0.2, 0.25) is 0 Å². The fraction of sp³-hybridized carbons (Fsp3) is 0.167. The molecule has 8 nitrogen and oxygen atoms in total. The Hall–Kier alpha value is -4.38. The lowest BCUT2D eigenvalue weighted by Crippen LogP contribution is -2.23. The third kappa shape index (κ3) is 4.09. The van der Waals surface area contributed by atoms with Crippen molar-refractivity contribution in [2.75, 3.05) is 0 Å². The third-order valence-corrected chi connectivity index (χ3v) is 5.09. The molecule has 0 fully saturated rings. The summed E-state index contributed by atoms with van der Waals surface area (Å²) in [6.07, 6.45) is 0. The monoisotopic (exact) mass is 427 g/mol. The summed E-state index contributed by atoms with van der Waals surface area (Å²) >= 11 is 0. The van der Waals surface area contributed by atoms with E-state index in [0.717, 1.165) is 16.7 Å². The average Bonchev–Trinajstić information content (AvgIpc) is 3.12. The number of tetrazole rings is 1. The van der Waals surface area contributed by atoms with Gasteiger partial charge in [0.25, 0.3) is 0 Å². The molecule has 0 radical (unpaired) electrons. The number of nitriles is 1. The fourth-order valence-corrected chi connectivity index (χ4v) is 3.31. The summed E-state index contributed by atoms with van der Waals surface area (Å²) in [7, 11) is 1.56. The smallest absolute Gasteiger partial charge is 0.368 e. The van der Waals surface area contributed by atoms with Gasteiger partial charge >= 0.3 is 5.69 Å². The topological polar surface area (TPSA) is 95.0 Å². The lowest BCUT2D eigenvalue weighted by atomic mass is 10.1. The molecule has 0 atom stereocenters. The molecule has 0 N–H and O–H groups in total. The lowest BCUT2D eigenvalue weighted by molar-refractivity contribution is 0.302. The van der Waals surface area contributed by atoms with Crippen LogP contribution in [-0.4, -0.2) is 19.8 Å². The van der Waals surface area contributed by atoms with Gasteiger partial charge in [0, 0.05) is 12.6 Å². The van der Waals surface area contributed by atoms with Crippen LogP contribution in [0.25, 0.3) is 5.69 Å². The molecule has 32 heavy (non-hydrogen) atoms. The van der Waals surface area contributed by atoms with E-state index < -0.39 is 0 Å². The second-order valence-electron chi connectivity index (χ2n) is 7.30. The zero-order valence-corrected chi connectivity index (χ0v) is 17.9. The number of aromatic nitrogens is 4. The Labute approximate surface area is 184 Å². The number of para-hydroxylation sites is 1. The maximum Gasteiger partial charge on any atom is 0.368 e. The summed E-state index contributed by atoms with van der Waals surface area (Å²) in [5.74, 6) is 1.80. The van der Waals surface area contributed by atoms with E-state index in [1.54, 1.807) is 31.3 Å². The Bertz CT molecular complexity index is 1380. The molecule has 8 heteroatoms. The molecule has 0 saturated carbocycles. The second kappa shape index (κ2) is 8.78. The van der Waals surface area contributed by atoms with E-state index in [4.69, 9.17) is 9.47 Å². The number of hydrogen-bond acceptors (Lipinski definition) is 6. The molecule has 1 aromatic heterocycles. The molecule has 0 saturated heterocycles. The van der Waals surface area contributed by atoms with Gasteiger partial charge < -0.3 is 9.47 Å². The first-order valence-corrected chi connectivity index (χ1v) is 9.96. The zero-order chi connectivity index (χ0) is 22.7. The van der Waals surface area contributed by atoms with Gasteiger partial charge in [-0.2, -0.15) is 14.6 Å². The molecule has 3 aromatic carbocycles. The SMILES string of the molecule is Cc1cc(Oc2ccccc2C#N)ccc1OCc1c(C)cccc1-n1nnn(C)c1=O. The number of hydrogen-bond donors (Lipinski definition) is 0. The molecule has 0 bridgehead atoms. The molecule has 4 aromatic rings. The summed E-state index contributed by atoms with van der Waals surface area (Å²) in [5.41, 5.74) is 3.48. The molecule has 4 rings (SSSR count). The number of benzene rings is 3. The van der Waals surface area contributed by atoms with Gasteiger partial charge in [0.05, 0.1) is 11.3 Å². The van der Waals surface area contributed by atoms with Gasteiger partial charge in [-0.15, -0.1) is 0 Å². The minimum atomic E-state index is -0.327. The van der Waals surface area contributed by atoms with Gasteiger partial charge in [-0.1, -0.05) is 24.3 Å². The molecular formula is C24H21N5O3. The maximum absolute atomic E-state index is 12.3. The number of ether oxygens (including phenoxy) is 2. The first-order valence-electron chi connectivity index (χ1n) is 9.96. The second-order valence-corrected chi connectivity index (χ2v) is 7.30. The highest BCUT2D eigenvalue weighted by atomic mass is 16.5. The molecule has 0 amide bonds. The van der Waals surface area contributed by atoms with Crippen molar-refractivity contribution in [3.8, 4) is 29.0 Å². The third-order valence-electron chi connectivity index (χ3n) is 5.09. The van der Waals surface area contributed by atoms with Crippen LogP contribution in [-0.2, 0) is 13.7 Å². The predicted octanol–water partition coefficient (Wildman–Crippen LogP) is 3.83. The summed E-state index contributed by atoms with van der Waals surface area (Å²) in [6.45, 7) is 4.13. The van der Waals surface area contributed by atoms with Crippen LogP contribution in [0.5, 0.6) is 17.2 Å². The number of aryl methyl sites for hydroxylation is 3. The molecule has 1 heterocycles. The molecule has 0 aliphatic heterocycles. The molecule has 0 aliphatic rings. The molecule has 0 spiro atoms. The van der Waals surface area contributed by atoms with Crippen LogP contribution >= 0.6 is 0 Å². The molecule has 0 aliphatic carbocycles. The Balaban J connectivity index is 1.56. The van der Waals surface area contributed by atoms with E-state index >= 15 is 0 Å². The van der Waals surface area contributed by atoms with Crippen molar-refractivity contribution in [1.29, 1.82) is 5.26 Å². The highest BCUT2D eigenvalue weighted by Gasteiger charge is 2.14. The average molecular weight is 427 g/mol. The molecule has 160 valence electrons. The Kier molecular flexibility index (Phi) is 5.73. The number of rotatable bonds is 6. The van der Waals surface area contributed by atoms with Crippen molar-refractivity contribution in [2.45, 2.75) is 20.5 Å². The lowest BCUT2D eigenvalue weighted by Gasteiger charge is -2.15. The Morgan fingerprint density at radius 3 is 2.50 bits per heavy atom. The summed E-state index contributed by atoms with van der Waals surface area (Å²) in [5, 5.41) is 17.0. The highest BCUT2D eigenvalue weighted by Crippen LogP contribution is 2.30. The molecular weight excluding hydrogens is 406 g/mol. The summed E-state index contributed by atoms with van der Waals surface area (Å²) in [4.78, 5) is 12.3. The van der Waals surface area contributed by atoms with Crippen molar-refractivity contribution >= 4 is 0 Å². The van der Waals surface area contributed by atoms with Crippen molar-refractivity contribution in [2.24, 2.45) is 7.05 Å². The van der Waals surface area contributed by atoms with Crippen LogP contribution in [0.3, 0.4) is 0 Å². The van der Waals surface area contributed by atoms with Crippen LogP contribution in [0.4, 0.5) is 0 Å². The van der Waals surface area contributed by atoms with Crippen LogP contribution in [0.2, 0.25) is 0 Å². The highest BCUT2D eigenvalue weighted by molar-refractivity contribution is 5.48. The summed E-state index contributed by atoms with van der Waals surface area (Å²) < 4.78 is 14.4. The first kappa shape index (κ1) is 20.9. The molecule has 0 unspecified atom stereocenters. The van der Waals surface area contributed by atoms with Crippen molar-refractivity contribution < 1.29 is 9.47 Å². The van der Waals surface area contributed by atoms with E-state index in [1.807, 2.05) is 50.2 Å². The van der Waals surface area contributed by atoms with E-state index in [-0.39, 0.29) is 12.3 Å². The van der Waals surface area contributed by atoms with Gasteiger partial charge in [-0.05, 0) is 71.8 Å². The van der Waals surface area contributed by atoms with Gasteiger partial charge in [0.1, 0.15) is 29.9 Å². The fourth-order valence-electron chi connectivity index (χ4n) is 3.31. The van der Waals surface area contributed by atoms with E-state index in [2.05, 4.69) is 16.5 Å². The normalized spacial score (nSPS) is 10.6. The van der Waals surface area contributed by atoms with Gasteiger partial charge in [0.15, 0.2) is 0 Å². The van der Waals surface area contributed by atoms with Crippen molar-refractivity contribution in [1.82, 2.24) is 19.8 Å². The van der Waals surface area contributed by atoms with Gasteiger partial charge in [-0.3, -0.25) is 0 Å². The largest absolute Gasteiger partial charge is 0.489 e. The van der Waals surface area contributed by atoms with Crippen LogP contribution in [0.15, 0.2) is 65.5 Å². The predicted molar refractivity (Wildman–Crippen MR) is 118 cm³/mol. The van der Waals surface area contributed by atoms with E-state index in [9.17, 15) is 10.1 Å². The first-order chi connectivity index (χ1) is 15.5. The standard InChI is InChI=1S/C24H21N5O3/c1-16-7-6-9-21(29-24(30)28(3)26-27-29)20(16)15-31-22-12-11-19(13-17(22)2)32-23-10-5-4-8-18(23)14-25/h4-13H,15H2,1-3H3. The summed E-state index contributed by atoms with van der Waals surface area (Å²) in [6, 6.07) is 20.3. The van der Waals surface area contributed by atoms with Crippen molar-refractivity contribution in [3.63, 3.8) is 0 Å². The maximum atomic E-state index is 12.3. The zero-order valence-electron chi connectivity index (χ0n) is 17.9. The van der Waals surface area contributed by atoms with Crippen LogP contribution in [0, 0.1) is 25.2 Å². The Morgan fingerprint density at radius 2 is 1.78 bits per heavy atom. The quantitative estimate of drug-likeness (QED) is 0.464. The van der Waals surface area contributed by atoms with E-state index in [0.29, 0.717) is 28.5 Å². The van der Waals surface area contributed by atoms with Crippen molar-refractivity contribution in [3.05, 3.63) is 93.4 Å².